The van der Waals surface area contributed by atoms with Crippen LogP contribution in [-0.2, 0) is 0 Å². The summed E-state index contributed by atoms with van der Waals surface area (Å²) in [7, 11) is 0. The first-order chi connectivity index (χ1) is 7.63. The average Bonchev–Trinajstić information content (AvgIpc) is 2.29. The highest BCUT2D eigenvalue weighted by molar-refractivity contribution is 7.99. The normalized spacial score (nSPS) is 12.1. The lowest BCUT2D eigenvalue weighted by Crippen LogP contribution is -2.07. The molecule has 16 heavy (non-hydrogen) atoms. The van der Waals surface area contributed by atoms with Crippen LogP contribution in [0, 0.1) is 10.1 Å². The van der Waals surface area contributed by atoms with E-state index < -0.39 is 0 Å². The second kappa shape index (κ2) is 6.37. The van der Waals surface area contributed by atoms with Crippen LogP contribution >= 0.6 is 11.8 Å². The summed E-state index contributed by atoms with van der Waals surface area (Å²) in [5.41, 5.74) is 0.936. The molecule has 1 unspecified atom stereocenters. The zero-order valence-corrected chi connectivity index (χ0v) is 10.3. The minimum Gasteiger partial charge on any atom is -0.385 e. The monoisotopic (exact) mass is 240 g/mol. The molecule has 0 radical (unpaired) electrons. The molecule has 1 atom stereocenters. The molecule has 1 aromatic rings. The number of nitro benzene ring substituents is 1. The Bertz CT molecular complexity index is 358. The summed E-state index contributed by atoms with van der Waals surface area (Å²) in [6, 6.07) is 6.59. The Morgan fingerprint density at radius 3 is 2.94 bits per heavy atom. The standard InChI is InChI=1S/C11H16N2O2S/c1-9(16-2)6-7-12-10-4-3-5-11(8-10)13(14)15/h3-5,8-9,12H,6-7H2,1-2H3. The van der Waals surface area contributed by atoms with Gasteiger partial charge in [-0.1, -0.05) is 13.0 Å². The Kier molecular flexibility index (Phi) is 5.11. The minimum absolute atomic E-state index is 0.128. The third-order valence-electron chi connectivity index (χ3n) is 2.34. The lowest BCUT2D eigenvalue weighted by molar-refractivity contribution is -0.384. The van der Waals surface area contributed by atoms with Crippen LogP contribution in [0.4, 0.5) is 11.4 Å². The molecule has 1 aromatic carbocycles. The maximum Gasteiger partial charge on any atom is 0.271 e. The number of nitro groups is 1. The van der Waals surface area contributed by atoms with Gasteiger partial charge in [-0.3, -0.25) is 10.1 Å². The number of nitrogens with one attached hydrogen (secondary N) is 1. The van der Waals surface area contributed by atoms with Crippen molar-refractivity contribution in [3.63, 3.8) is 0 Å². The lowest BCUT2D eigenvalue weighted by atomic mass is 10.2. The zero-order chi connectivity index (χ0) is 12.0. The van der Waals surface area contributed by atoms with Gasteiger partial charge < -0.3 is 5.32 Å². The van der Waals surface area contributed by atoms with E-state index in [0.29, 0.717) is 5.25 Å². The van der Waals surface area contributed by atoms with Gasteiger partial charge in [0.25, 0.3) is 5.69 Å². The van der Waals surface area contributed by atoms with Crippen molar-refractivity contribution in [2.45, 2.75) is 18.6 Å². The van der Waals surface area contributed by atoms with Crippen molar-refractivity contribution >= 4 is 23.1 Å². The van der Waals surface area contributed by atoms with Crippen LogP contribution in [0.15, 0.2) is 24.3 Å². The number of benzene rings is 1. The van der Waals surface area contributed by atoms with Crippen LogP contribution in [0.5, 0.6) is 0 Å². The van der Waals surface area contributed by atoms with Crippen molar-refractivity contribution in [2.75, 3.05) is 18.1 Å². The summed E-state index contributed by atoms with van der Waals surface area (Å²) in [6.07, 6.45) is 3.13. The summed E-state index contributed by atoms with van der Waals surface area (Å²) in [6.45, 7) is 3.00. The van der Waals surface area contributed by atoms with Crippen LogP contribution < -0.4 is 5.32 Å². The van der Waals surface area contributed by atoms with E-state index in [1.165, 1.54) is 6.07 Å². The molecule has 5 heteroatoms. The van der Waals surface area contributed by atoms with E-state index in [1.54, 1.807) is 12.1 Å². The Morgan fingerprint density at radius 1 is 1.56 bits per heavy atom. The summed E-state index contributed by atoms with van der Waals surface area (Å²) in [5, 5.41) is 14.3. The molecule has 88 valence electrons. The molecule has 1 N–H and O–H groups in total. The summed E-state index contributed by atoms with van der Waals surface area (Å²) >= 11 is 1.82. The number of non-ortho nitro benzene ring substituents is 1. The van der Waals surface area contributed by atoms with E-state index in [1.807, 2.05) is 17.8 Å². The van der Waals surface area contributed by atoms with Gasteiger partial charge in [0.1, 0.15) is 0 Å². The van der Waals surface area contributed by atoms with Crippen LogP contribution in [0.25, 0.3) is 0 Å². The number of hydrogen-bond acceptors (Lipinski definition) is 4. The molecule has 0 heterocycles. The molecule has 0 aliphatic carbocycles. The van der Waals surface area contributed by atoms with Crippen molar-refractivity contribution in [1.29, 1.82) is 0 Å². The molecule has 1 rings (SSSR count). The average molecular weight is 240 g/mol. The molecule has 0 spiro atoms. The van der Waals surface area contributed by atoms with Gasteiger partial charge >= 0.3 is 0 Å². The number of nitrogens with zero attached hydrogens (tertiary/aromatic N) is 1. The van der Waals surface area contributed by atoms with Gasteiger partial charge in [0.05, 0.1) is 4.92 Å². The molecular weight excluding hydrogens is 224 g/mol. The predicted molar refractivity (Wildman–Crippen MR) is 69.2 cm³/mol. The molecule has 0 amide bonds. The van der Waals surface area contributed by atoms with Crippen LogP contribution in [0.2, 0.25) is 0 Å². The smallest absolute Gasteiger partial charge is 0.271 e. The van der Waals surface area contributed by atoms with E-state index in [-0.39, 0.29) is 10.6 Å². The SMILES string of the molecule is CSC(C)CCNc1cccc([N+](=O)[O-])c1. The zero-order valence-electron chi connectivity index (χ0n) is 9.47. The largest absolute Gasteiger partial charge is 0.385 e. The maximum absolute atomic E-state index is 10.6. The Balaban J connectivity index is 2.48. The number of thioether (sulfide) groups is 1. The molecule has 0 aliphatic rings. The van der Waals surface area contributed by atoms with Gasteiger partial charge in [0.15, 0.2) is 0 Å². The Labute approximate surface area is 99.6 Å². The van der Waals surface area contributed by atoms with E-state index >= 15 is 0 Å². The Hall–Kier alpha value is -1.23. The van der Waals surface area contributed by atoms with Crippen LogP contribution in [-0.4, -0.2) is 23.0 Å². The highest BCUT2D eigenvalue weighted by atomic mass is 32.2. The predicted octanol–water partition coefficient (Wildman–Crippen LogP) is 3.15. The highest BCUT2D eigenvalue weighted by Gasteiger charge is 2.05. The molecule has 4 nitrogen and oxygen atoms in total. The van der Waals surface area contributed by atoms with Crippen molar-refractivity contribution in [2.24, 2.45) is 0 Å². The van der Waals surface area contributed by atoms with E-state index in [0.717, 1.165) is 18.7 Å². The van der Waals surface area contributed by atoms with Gasteiger partial charge in [-0.25, -0.2) is 0 Å². The number of hydrogen-bond donors (Lipinski definition) is 1. The molecule has 0 bridgehead atoms. The van der Waals surface area contributed by atoms with Crippen molar-refractivity contribution in [3.05, 3.63) is 34.4 Å². The van der Waals surface area contributed by atoms with Crippen molar-refractivity contribution < 1.29 is 4.92 Å². The number of rotatable bonds is 6. The lowest BCUT2D eigenvalue weighted by Gasteiger charge is -2.09. The molecule has 0 aromatic heterocycles. The molecule has 0 aliphatic heterocycles. The second-order valence-electron chi connectivity index (χ2n) is 3.57. The Morgan fingerprint density at radius 2 is 2.31 bits per heavy atom. The maximum atomic E-state index is 10.6. The second-order valence-corrected chi connectivity index (χ2v) is 4.85. The number of anilines is 1. The molecule has 0 saturated heterocycles. The van der Waals surface area contributed by atoms with Crippen molar-refractivity contribution in [1.82, 2.24) is 0 Å². The molecule has 0 saturated carbocycles. The molecular formula is C11H16N2O2S. The highest BCUT2D eigenvalue weighted by Crippen LogP contribution is 2.17. The summed E-state index contributed by atoms with van der Waals surface area (Å²) in [5.74, 6) is 0. The molecule has 0 fully saturated rings. The van der Waals surface area contributed by atoms with Gasteiger partial charge in [0, 0.05) is 29.6 Å². The first kappa shape index (κ1) is 12.8. The van der Waals surface area contributed by atoms with Crippen LogP contribution in [0.1, 0.15) is 13.3 Å². The fraction of sp³-hybridized carbons (Fsp3) is 0.455. The minimum atomic E-state index is -0.379. The first-order valence-electron chi connectivity index (χ1n) is 5.14. The fourth-order valence-electron chi connectivity index (χ4n) is 1.27. The van der Waals surface area contributed by atoms with Crippen molar-refractivity contribution in [3.8, 4) is 0 Å². The summed E-state index contributed by atoms with van der Waals surface area (Å²) in [4.78, 5) is 10.2. The van der Waals surface area contributed by atoms with Crippen LogP contribution in [0.3, 0.4) is 0 Å². The van der Waals surface area contributed by atoms with Gasteiger partial charge in [-0.15, -0.1) is 0 Å². The quantitative estimate of drug-likeness (QED) is 0.613. The fourth-order valence-corrected chi connectivity index (χ4v) is 1.62. The van der Waals surface area contributed by atoms with E-state index in [4.69, 9.17) is 0 Å². The summed E-state index contributed by atoms with van der Waals surface area (Å²) < 4.78 is 0. The van der Waals surface area contributed by atoms with Gasteiger partial charge in [-0.05, 0) is 18.7 Å². The van der Waals surface area contributed by atoms with Gasteiger partial charge in [-0.2, -0.15) is 11.8 Å². The van der Waals surface area contributed by atoms with Gasteiger partial charge in [0.2, 0.25) is 0 Å². The first-order valence-corrected chi connectivity index (χ1v) is 6.43. The van der Waals surface area contributed by atoms with E-state index in [2.05, 4.69) is 18.5 Å². The third-order valence-corrected chi connectivity index (χ3v) is 3.38. The third kappa shape index (κ3) is 4.10. The van der Waals surface area contributed by atoms with E-state index in [9.17, 15) is 10.1 Å². The topological polar surface area (TPSA) is 55.2 Å².